The van der Waals surface area contributed by atoms with Crippen molar-refractivity contribution in [2.24, 2.45) is 0 Å². The predicted molar refractivity (Wildman–Crippen MR) is 68.0 cm³/mol. The van der Waals surface area contributed by atoms with Gasteiger partial charge >= 0.3 is 0 Å². The van der Waals surface area contributed by atoms with Crippen LogP contribution in [0.15, 0.2) is 22.7 Å². The van der Waals surface area contributed by atoms with E-state index in [9.17, 15) is 4.39 Å². The van der Waals surface area contributed by atoms with Gasteiger partial charge in [0.25, 0.3) is 0 Å². The molecule has 0 nitrogen and oxygen atoms in total. The molecule has 82 valence electrons. The van der Waals surface area contributed by atoms with Crippen LogP contribution in [0.1, 0.15) is 37.2 Å². The molecule has 0 bridgehead atoms. The SMILES string of the molecule is Fc1c(Br)cccc1C1CCCC(Br)C1. The van der Waals surface area contributed by atoms with Gasteiger partial charge in [0.1, 0.15) is 5.82 Å². The molecule has 0 aromatic heterocycles. The third-order valence-corrected chi connectivity index (χ3v) is 4.48. The molecule has 1 aliphatic rings. The minimum absolute atomic E-state index is 0.0795. The first-order valence-corrected chi connectivity index (χ1v) is 6.97. The third-order valence-electron chi connectivity index (χ3n) is 3.03. The summed E-state index contributed by atoms with van der Waals surface area (Å²) >= 11 is 6.88. The van der Waals surface area contributed by atoms with Gasteiger partial charge in [-0.2, -0.15) is 0 Å². The summed E-state index contributed by atoms with van der Waals surface area (Å²) in [6.07, 6.45) is 4.56. The van der Waals surface area contributed by atoms with E-state index in [4.69, 9.17) is 0 Å². The molecule has 1 aromatic carbocycles. The number of halogens is 3. The Balaban J connectivity index is 2.24. The number of hydrogen-bond acceptors (Lipinski definition) is 0. The van der Waals surface area contributed by atoms with Crippen molar-refractivity contribution in [3.05, 3.63) is 34.1 Å². The maximum atomic E-state index is 13.9. The van der Waals surface area contributed by atoms with Crippen molar-refractivity contribution < 1.29 is 4.39 Å². The summed E-state index contributed by atoms with van der Waals surface area (Å²) in [5, 5.41) is 0. The van der Waals surface area contributed by atoms with Gasteiger partial charge in [-0.1, -0.05) is 34.5 Å². The van der Waals surface area contributed by atoms with Crippen molar-refractivity contribution in [2.45, 2.75) is 36.4 Å². The Morgan fingerprint density at radius 1 is 1.27 bits per heavy atom. The first-order valence-electron chi connectivity index (χ1n) is 5.26. The topological polar surface area (TPSA) is 0 Å². The van der Waals surface area contributed by atoms with Gasteiger partial charge in [0.05, 0.1) is 4.47 Å². The Bertz CT molecular complexity index is 351. The van der Waals surface area contributed by atoms with Crippen molar-refractivity contribution >= 4 is 31.9 Å². The molecule has 0 amide bonds. The lowest BCUT2D eigenvalue weighted by atomic mass is 9.84. The second-order valence-electron chi connectivity index (χ2n) is 4.10. The summed E-state index contributed by atoms with van der Waals surface area (Å²) < 4.78 is 14.4. The molecule has 1 saturated carbocycles. The van der Waals surface area contributed by atoms with Crippen LogP contribution in [0.5, 0.6) is 0 Å². The quantitative estimate of drug-likeness (QED) is 0.633. The maximum Gasteiger partial charge on any atom is 0.140 e. The number of rotatable bonds is 1. The van der Waals surface area contributed by atoms with E-state index in [2.05, 4.69) is 31.9 Å². The lowest BCUT2D eigenvalue weighted by molar-refractivity contribution is 0.441. The second-order valence-corrected chi connectivity index (χ2v) is 6.25. The molecule has 3 heteroatoms. The fraction of sp³-hybridized carbons (Fsp3) is 0.500. The first kappa shape index (κ1) is 11.6. The van der Waals surface area contributed by atoms with Gasteiger partial charge in [0.15, 0.2) is 0 Å². The fourth-order valence-electron chi connectivity index (χ4n) is 2.25. The molecule has 0 radical (unpaired) electrons. The molecule has 0 N–H and O–H groups in total. The molecule has 0 spiro atoms. The lowest BCUT2D eigenvalue weighted by Crippen LogP contribution is -2.14. The summed E-state index contributed by atoms with van der Waals surface area (Å²) in [5.74, 6) is 0.296. The average molecular weight is 336 g/mol. The van der Waals surface area contributed by atoms with E-state index < -0.39 is 0 Å². The number of benzene rings is 1. The van der Waals surface area contributed by atoms with Crippen LogP contribution in [0.2, 0.25) is 0 Å². The van der Waals surface area contributed by atoms with E-state index in [-0.39, 0.29) is 5.82 Å². The first-order chi connectivity index (χ1) is 7.18. The van der Waals surface area contributed by atoms with Crippen molar-refractivity contribution in [2.75, 3.05) is 0 Å². The van der Waals surface area contributed by atoms with E-state index in [0.717, 1.165) is 18.4 Å². The van der Waals surface area contributed by atoms with Crippen LogP contribution < -0.4 is 0 Å². The van der Waals surface area contributed by atoms with Crippen LogP contribution in [-0.4, -0.2) is 4.83 Å². The van der Waals surface area contributed by atoms with Gasteiger partial charge < -0.3 is 0 Å². The van der Waals surface area contributed by atoms with Gasteiger partial charge in [-0.25, -0.2) is 4.39 Å². The highest BCUT2D eigenvalue weighted by Crippen LogP contribution is 2.38. The Kier molecular flexibility index (Phi) is 3.83. The summed E-state index contributed by atoms with van der Waals surface area (Å²) in [7, 11) is 0. The van der Waals surface area contributed by atoms with Crippen molar-refractivity contribution in [3.63, 3.8) is 0 Å². The molecule has 0 aliphatic heterocycles. The monoisotopic (exact) mass is 334 g/mol. The fourth-order valence-corrected chi connectivity index (χ4v) is 3.40. The molecule has 2 unspecified atom stereocenters. The van der Waals surface area contributed by atoms with E-state index in [1.54, 1.807) is 6.07 Å². The van der Waals surface area contributed by atoms with Gasteiger partial charge in [-0.05, 0) is 52.7 Å². The zero-order valence-electron chi connectivity index (χ0n) is 8.35. The predicted octanol–water partition coefficient (Wildman–Crippen LogP) is 5.01. The highest BCUT2D eigenvalue weighted by atomic mass is 79.9. The van der Waals surface area contributed by atoms with Gasteiger partial charge in [-0.15, -0.1) is 0 Å². The Morgan fingerprint density at radius 3 is 2.80 bits per heavy atom. The van der Waals surface area contributed by atoms with Crippen molar-refractivity contribution in [1.29, 1.82) is 0 Å². The van der Waals surface area contributed by atoms with Gasteiger partial charge in [0, 0.05) is 4.83 Å². The molecule has 1 aromatic rings. The van der Waals surface area contributed by atoms with Crippen LogP contribution in [0.4, 0.5) is 4.39 Å². The molecular weight excluding hydrogens is 323 g/mol. The number of alkyl halides is 1. The highest BCUT2D eigenvalue weighted by molar-refractivity contribution is 9.10. The van der Waals surface area contributed by atoms with E-state index in [1.807, 2.05) is 12.1 Å². The molecular formula is C12H13Br2F. The van der Waals surface area contributed by atoms with Crippen LogP contribution in [-0.2, 0) is 0 Å². The average Bonchev–Trinajstić information content (AvgIpc) is 2.22. The van der Waals surface area contributed by atoms with Crippen LogP contribution >= 0.6 is 31.9 Å². The minimum atomic E-state index is -0.0795. The maximum absolute atomic E-state index is 13.9. The Hall–Kier alpha value is 0.110. The second kappa shape index (κ2) is 4.96. The Labute approximate surface area is 107 Å². The van der Waals surface area contributed by atoms with Gasteiger partial charge in [0.2, 0.25) is 0 Å². The zero-order chi connectivity index (χ0) is 10.8. The molecule has 1 aliphatic carbocycles. The van der Waals surface area contributed by atoms with E-state index in [1.165, 1.54) is 12.8 Å². The summed E-state index contributed by atoms with van der Waals surface area (Å²) in [6, 6.07) is 5.59. The largest absolute Gasteiger partial charge is 0.205 e. The molecule has 0 heterocycles. The lowest BCUT2D eigenvalue weighted by Gasteiger charge is -2.26. The van der Waals surface area contributed by atoms with Gasteiger partial charge in [-0.3, -0.25) is 0 Å². The zero-order valence-corrected chi connectivity index (χ0v) is 11.5. The molecule has 1 fully saturated rings. The van der Waals surface area contributed by atoms with E-state index >= 15 is 0 Å². The molecule has 2 rings (SSSR count). The Morgan fingerprint density at radius 2 is 2.07 bits per heavy atom. The van der Waals surface area contributed by atoms with Crippen LogP contribution in [0, 0.1) is 5.82 Å². The summed E-state index contributed by atoms with van der Waals surface area (Å²) in [5.41, 5.74) is 0.869. The van der Waals surface area contributed by atoms with Crippen LogP contribution in [0.25, 0.3) is 0 Å². The normalized spacial score (nSPS) is 26.6. The van der Waals surface area contributed by atoms with E-state index in [0.29, 0.717) is 15.2 Å². The van der Waals surface area contributed by atoms with Crippen molar-refractivity contribution in [3.8, 4) is 0 Å². The minimum Gasteiger partial charge on any atom is -0.205 e. The smallest absolute Gasteiger partial charge is 0.140 e. The molecule has 2 atom stereocenters. The summed E-state index contributed by atoms with van der Waals surface area (Å²) in [6.45, 7) is 0. The third kappa shape index (κ3) is 2.62. The molecule has 0 saturated heterocycles. The number of hydrogen-bond donors (Lipinski definition) is 0. The summed E-state index contributed by atoms with van der Waals surface area (Å²) in [4.78, 5) is 0.551. The molecule has 15 heavy (non-hydrogen) atoms. The van der Waals surface area contributed by atoms with Crippen molar-refractivity contribution in [1.82, 2.24) is 0 Å². The standard InChI is InChI=1S/C12H13Br2F/c13-9-4-1-3-8(7-9)10-5-2-6-11(14)12(10)15/h2,5-6,8-9H,1,3-4,7H2. The highest BCUT2D eigenvalue weighted by Gasteiger charge is 2.24. The van der Waals surface area contributed by atoms with Crippen LogP contribution in [0.3, 0.4) is 0 Å².